The number of likely N-dealkylation sites (tertiary alicyclic amines) is 2. The molecule has 170 valence electrons. The van der Waals surface area contributed by atoms with Crippen molar-refractivity contribution in [2.45, 2.75) is 45.1 Å². The Morgan fingerprint density at radius 3 is 2.66 bits per heavy atom. The third kappa shape index (κ3) is 4.79. The minimum atomic E-state index is -0.267. The van der Waals surface area contributed by atoms with Crippen LogP contribution in [-0.4, -0.2) is 53.9 Å². The Balaban J connectivity index is 1.46. The number of amides is 2. The maximum atomic E-state index is 13.9. The molecule has 0 aliphatic carbocycles. The van der Waals surface area contributed by atoms with Gasteiger partial charge in [0.25, 0.3) is 5.91 Å². The van der Waals surface area contributed by atoms with Crippen LogP contribution in [0.3, 0.4) is 0 Å². The van der Waals surface area contributed by atoms with Gasteiger partial charge in [0, 0.05) is 26.1 Å². The first-order valence-corrected chi connectivity index (χ1v) is 11.6. The number of hydrogen-bond acceptors (Lipinski definition) is 3. The van der Waals surface area contributed by atoms with Crippen LogP contribution in [0.4, 0.5) is 4.39 Å². The monoisotopic (exact) mass is 438 g/mol. The van der Waals surface area contributed by atoms with Crippen LogP contribution in [0, 0.1) is 11.7 Å². The topological polar surface area (TPSA) is 49.9 Å². The molecule has 2 aliphatic rings. The number of hydrogen-bond donors (Lipinski definition) is 0. The van der Waals surface area contributed by atoms with Gasteiger partial charge in [-0.3, -0.25) is 9.59 Å². The SMILES string of the molecule is CCOc1ccccc1C(=O)N1CCCC[C@H]2CN(C(=O)CCc3ccccc3F)C[C@H]21. The molecule has 2 aromatic rings. The minimum Gasteiger partial charge on any atom is -0.493 e. The van der Waals surface area contributed by atoms with Gasteiger partial charge in [-0.1, -0.05) is 36.8 Å². The fourth-order valence-electron chi connectivity index (χ4n) is 4.98. The highest BCUT2D eigenvalue weighted by atomic mass is 19.1. The molecular weight excluding hydrogens is 407 g/mol. The molecule has 0 unspecified atom stereocenters. The summed E-state index contributed by atoms with van der Waals surface area (Å²) in [7, 11) is 0. The molecule has 2 saturated heterocycles. The van der Waals surface area contributed by atoms with Crippen molar-refractivity contribution in [3.8, 4) is 5.75 Å². The van der Waals surface area contributed by atoms with E-state index in [9.17, 15) is 14.0 Å². The molecule has 0 spiro atoms. The van der Waals surface area contributed by atoms with Gasteiger partial charge in [0.05, 0.1) is 18.2 Å². The summed E-state index contributed by atoms with van der Waals surface area (Å²) in [5.74, 6) is 0.626. The highest BCUT2D eigenvalue weighted by Gasteiger charge is 2.41. The summed E-state index contributed by atoms with van der Waals surface area (Å²) in [5, 5.41) is 0. The second-order valence-corrected chi connectivity index (χ2v) is 8.64. The number of ether oxygens (including phenoxy) is 1. The van der Waals surface area contributed by atoms with Gasteiger partial charge in [0.2, 0.25) is 5.91 Å². The number of carbonyl (C=O) groups excluding carboxylic acids is 2. The summed E-state index contributed by atoms with van der Waals surface area (Å²) < 4.78 is 19.6. The Kier molecular flexibility index (Phi) is 7.08. The van der Waals surface area contributed by atoms with Crippen LogP contribution >= 0.6 is 0 Å². The lowest BCUT2D eigenvalue weighted by atomic mass is 9.98. The Hall–Kier alpha value is -2.89. The Bertz CT molecular complexity index is 964. The first-order valence-electron chi connectivity index (χ1n) is 11.6. The van der Waals surface area contributed by atoms with Crippen LogP contribution in [0.2, 0.25) is 0 Å². The van der Waals surface area contributed by atoms with E-state index >= 15 is 0 Å². The van der Waals surface area contributed by atoms with Crippen LogP contribution in [0.25, 0.3) is 0 Å². The second-order valence-electron chi connectivity index (χ2n) is 8.64. The van der Waals surface area contributed by atoms with Crippen molar-refractivity contribution in [3.63, 3.8) is 0 Å². The summed E-state index contributed by atoms with van der Waals surface area (Å²) in [6.45, 7) is 4.31. The molecule has 0 aromatic heterocycles. The first kappa shape index (κ1) is 22.3. The molecule has 2 heterocycles. The van der Waals surface area contributed by atoms with Crippen LogP contribution in [-0.2, 0) is 11.2 Å². The smallest absolute Gasteiger partial charge is 0.257 e. The fourth-order valence-corrected chi connectivity index (χ4v) is 4.98. The molecule has 0 saturated carbocycles. The molecule has 0 radical (unpaired) electrons. The molecule has 2 aromatic carbocycles. The molecule has 2 aliphatic heterocycles. The van der Waals surface area contributed by atoms with Crippen molar-refractivity contribution >= 4 is 11.8 Å². The van der Waals surface area contributed by atoms with E-state index in [0.29, 0.717) is 49.5 Å². The van der Waals surface area contributed by atoms with E-state index in [1.165, 1.54) is 6.07 Å². The van der Waals surface area contributed by atoms with E-state index in [2.05, 4.69) is 0 Å². The van der Waals surface area contributed by atoms with Gasteiger partial charge >= 0.3 is 0 Å². The van der Waals surface area contributed by atoms with Crippen LogP contribution in [0.1, 0.15) is 48.5 Å². The summed E-state index contributed by atoms with van der Waals surface area (Å²) in [6.07, 6.45) is 3.70. The van der Waals surface area contributed by atoms with E-state index in [4.69, 9.17) is 4.74 Å². The van der Waals surface area contributed by atoms with Crippen molar-refractivity contribution in [2.24, 2.45) is 5.92 Å². The average molecular weight is 439 g/mol. The van der Waals surface area contributed by atoms with Crippen LogP contribution < -0.4 is 4.74 Å². The number of aryl methyl sites for hydroxylation is 1. The number of benzene rings is 2. The van der Waals surface area contributed by atoms with E-state index in [1.807, 2.05) is 41.0 Å². The lowest BCUT2D eigenvalue weighted by Crippen LogP contribution is -2.44. The van der Waals surface area contributed by atoms with Gasteiger partial charge in [-0.25, -0.2) is 4.39 Å². The number of fused-ring (bicyclic) bond motifs is 1. The molecule has 32 heavy (non-hydrogen) atoms. The number of halogens is 1. The summed E-state index contributed by atoms with van der Waals surface area (Å²) in [4.78, 5) is 30.3. The number of carbonyl (C=O) groups is 2. The number of para-hydroxylation sites is 1. The number of nitrogens with zero attached hydrogens (tertiary/aromatic N) is 2. The number of rotatable bonds is 6. The summed E-state index contributed by atoms with van der Waals surface area (Å²) >= 11 is 0. The van der Waals surface area contributed by atoms with E-state index in [0.717, 1.165) is 19.3 Å². The lowest BCUT2D eigenvalue weighted by Gasteiger charge is -2.30. The molecule has 5 nitrogen and oxygen atoms in total. The minimum absolute atomic E-state index is 0.0112. The van der Waals surface area contributed by atoms with E-state index in [1.54, 1.807) is 18.2 Å². The molecule has 4 rings (SSSR count). The van der Waals surface area contributed by atoms with Gasteiger partial charge < -0.3 is 14.5 Å². The van der Waals surface area contributed by atoms with Crippen LogP contribution in [0.5, 0.6) is 5.75 Å². The fraction of sp³-hybridized carbons (Fsp3) is 0.462. The average Bonchev–Trinajstić information content (AvgIpc) is 3.12. The quantitative estimate of drug-likeness (QED) is 0.675. The zero-order valence-electron chi connectivity index (χ0n) is 18.6. The zero-order chi connectivity index (χ0) is 22.5. The maximum Gasteiger partial charge on any atom is 0.257 e. The van der Waals surface area contributed by atoms with Gasteiger partial charge in [0.15, 0.2) is 0 Å². The van der Waals surface area contributed by atoms with E-state index in [-0.39, 0.29) is 36.0 Å². The first-order chi connectivity index (χ1) is 15.6. The predicted octanol–water partition coefficient (Wildman–Crippen LogP) is 4.31. The third-order valence-corrected chi connectivity index (χ3v) is 6.63. The second kappa shape index (κ2) is 10.2. The highest BCUT2D eigenvalue weighted by Crippen LogP contribution is 2.32. The van der Waals surface area contributed by atoms with Crippen molar-refractivity contribution in [1.29, 1.82) is 0 Å². The van der Waals surface area contributed by atoms with Crippen molar-refractivity contribution in [1.82, 2.24) is 9.80 Å². The molecule has 2 atom stereocenters. The molecule has 0 bridgehead atoms. The molecular formula is C26H31FN2O3. The van der Waals surface area contributed by atoms with E-state index < -0.39 is 0 Å². The lowest BCUT2D eigenvalue weighted by molar-refractivity contribution is -0.130. The Labute approximate surface area is 189 Å². The van der Waals surface area contributed by atoms with Gasteiger partial charge in [-0.2, -0.15) is 0 Å². The normalized spacial score (nSPS) is 20.6. The van der Waals surface area contributed by atoms with Gasteiger partial charge in [-0.15, -0.1) is 0 Å². The van der Waals surface area contributed by atoms with Crippen molar-refractivity contribution in [3.05, 3.63) is 65.5 Å². The third-order valence-electron chi connectivity index (χ3n) is 6.63. The van der Waals surface area contributed by atoms with Gasteiger partial charge in [-0.05, 0) is 55.9 Å². The van der Waals surface area contributed by atoms with Crippen molar-refractivity contribution in [2.75, 3.05) is 26.2 Å². The predicted molar refractivity (Wildman–Crippen MR) is 121 cm³/mol. The Morgan fingerprint density at radius 1 is 1.06 bits per heavy atom. The van der Waals surface area contributed by atoms with Gasteiger partial charge in [0.1, 0.15) is 11.6 Å². The molecule has 2 amide bonds. The maximum absolute atomic E-state index is 13.9. The standard InChI is InChI=1S/C26H31FN2O3/c1-2-32-24-13-6-4-11-21(24)26(31)29-16-8-7-10-20-17-28(18-23(20)29)25(30)15-14-19-9-3-5-12-22(19)27/h3-6,9,11-13,20,23H,2,7-8,10,14-18H2,1H3/t20-,23+/m0/s1. The Morgan fingerprint density at radius 2 is 1.84 bits per heavy atom. The van der Waals surface area contributed by atoms with Crippen LogP contribution in [0.15, 0.2) is 48.5 Å². The highest BCUT2D eigenvalue weighted by molar-refractivity contribution is 5.97. The van der Waals surface area contributed by atoms with Crippen molar-refractivity contribution < 1.29 is 18.7 Å². The molecule has 0 N–H and O–H groups in total. The molecule has 2 fully saturated rings. The zero-order valence-corrected chi connectivity index (χ0v) is 18.6. The largest absolute Gasteiger partial charge is 0.493 e. The summed E-state index contributed by atoms with van der Waals surface area (Å²) in [6, 6.07) is 14.0. The summed E-state index contributed by atoms with van der Waals surface area (Å²) in [5.41, 5.74) is 1.15. The molecule has 6 heteroatoms.